The molecule has 0 amide bonds. The second-order valence-electron chi connectivity index (χ2n) is 2.84. The number of oxime groups is 1. The molecule has 0 aliphatic carbocycles. The third-order valence-corrected chi connectivity index (χ3v) is 2.97. The van der Waals surface area contributed by atoms with E-state index in [-0.39, 0.29) is 0 Å². The second kappa shape index (κ2) is 4.42. The molecule has 1 aromatic rings. The molecule has 0 aliphatic heterocycles. The van der Waals surface area contributed by atoms with E-state index in [2.05, 4.69) is 28.0 Å². The summed E-state index contributed by atoms with van der Waals surface area (Å²) in [6, 6.07) is 4.05. The fraction of sp³-hybridized carbons (Fsp3) is 0.300. The van der Waals surface area contributed by atoms with Gasteiger partial charge in [-0.15, -0.1) is 0 Å². The highest BCUT2D eigenvalue weighted by atomic mass is 79.9. The normalized spacial score (nSPS) is 11.0. The van der Waals surface area contributed by atoms with Crippen molar-refractivity contribution in [2.75, 3.05) is 0 Å². The maximum absolute atomic E-state index is 8.51. The summed E-state index contributed by atoms with van der Waals surface area (Å²) < 4.78 is 1.04. The van der Waals surface area contributed by atoms with E-state index in [4.69, 9.17) is 5.21 Å². The lowest BCUT2D eigenvalue weighted by Crippen LogP contribution is -1.95. The molecule has 0 unspecified atom stereocenters. The van der Waals surface area contributed by atoms with Crippen LogP contribution in [0.15, 0.2) is 21.8 Å². The highest BCUT2D eigenvalue weighted by Crippen LogP contribution is 2.22. The summed E-state index contributed by atoms with van der Waals surface area (Å²) >= 11 is 3.44. The molecule has 3 heteroatoms. The first-order valence-corrected chi connectivity index (χ1v) is 4.95. The van der Waals surface area contributed by atoms with Gasteiger partial charge in [-0.05, 0) is 30.5 Å². The number of rotatable bonds is 2. The molecule has 0 saturated carbocycles. The molecule has 0 spiro atoms. The van der Waals surface area contributed by atoms with E-state index in [0.717, 1.165) is 22.0 Å². The van der Waals surface area contributed by atoms with Gasteiger partial charge in [0.2, 0.25) is 0 Å². The smallest absolute Gasteiger partial charge is 0.0739 e. The Hall–Kier alpha value is -0.830. The van der Waals surface area contributed by atoms with Crippen LogP contribution >= 0.6 is 15.9 Å². The van der Waals surface area contributed by atoms with E-state index in [9.17, 15) is 0 Å². The zero-order valence-electron chi connectivity index (χ0n) is 7.71. The summed E-state index contributed by atoms with van der Waals surface area (Å²) in [4.78, 5) is 0. The molecule has 0 radical (unpaired) electrons. The van der Waals surface area contributed by atoms with E-state index in [1.165, 1.54) is 11.8 Å². The predicted octanol–water partition coefficient (Wildman–Crippen LogP) is 3.13. The Labute approximate surface area is 86.4 Å². The van der Waals surface area contributed by atoms with E-state index in [1.807, 2.05) is 19.1 Å². The van der Waals surface area contributed by atoms with E-state index < -0.39 is 0 Å². The summed E-state index contributed by atoms with van der Waals surface area (Å²) in [6.07, 6.45) is 2.42. The van der Waals surface area contributed by atoms with Crippen molar-refractivity contribution in [3.63, 3.8) is 0 Å². The van der Waals surface area contributed by atoms with Crippen molar-refractivity contribution in [2.24, 2.45) is 5.16 Å². The lowest BCUT2D eigenvalue weighted by molar-refractivity contribution is 0.322. The van der Waals surface area contributed by atoms with Crippen LogP contribution in [-0.2, 0) is 6.42 Å². The minimum atomic E-state index is 0.940. The van der Waals surface area contributed by atoms with Crippen molar-refractivity contribution < 1.29 is 5.21 Å². The number of aryl methyl sites for hydroxylation is 1. The van der Waals surface area contributed by atoms with Crippen molar-refractivity contribution in [1.29, 1.82) is 0 Å². The molecule has 1 rings (SSSR count). The summed E-state index contributed by atoms with van der Waals surface area (Å²) in [7, 11) is 0. The fourth-order valence-electron chi connectivity index (χ4n) is 1.30. The van der Waals surface area contributed by atoms with Gasteiger partial charge in [-0.1, -0.05) is 34.1 Å². The predicted molar refractivity (Wildman–Crippen MR) is 57.6 cm³/mol. The molecule has 0 aromatic heterocycles. The van der Waals surface area contributed by atoms with E-state index >= 15 is 0 Å². The monoisotopic (exact) mass is 241 g/mol. The maximum atomic E-state index is 8.51. The van der Waals surface area contributed by atoms with Gasteiger partial charge in [0.05, 0.1) is 6.21 Å². The zero-order chi connectivity index (χ0) is 9.84. The Morgan fingerprint density at radius 2 is 2.23 bits per heavy atom. The topological polar surface area (TPSA) is 32.6 Å². The molecule has 1 N–H and O–H groups in total. The fourth-order valence-corrected chi connectivity index (χ4v) is 1.65. The first kappa shape index (κ1) is 10.3. The summed E-state index contributed by atoms with van der Waals surface area (Å²) in [5, 5.41) is 11.6. The van der Waals surface area contributed by atoms with Crippen LogP contribution in [0.5, 0.6) is 0 Å². The Kier molecular flexibility index (Phi) is 3.48. The molecule has 70 valence electrons. The van der Waals surface area contributed by atoms with Crippen LogP contribution in [0.25, 0.3) is 0 Å². The van der Waals surface area contributed by atoms with Crippen LogP contribution in [0.1, 0.15) is 23.6 Å². The van der Waals surface area contributed by atoms with E-state index in [1.54, 1.807) is 0 Å². The standard InChI is InChI=1S/C10H12BrNO/c1-3-8-4-5-10(11)7(2)9(8)6-12-13/h4-6,13H,3H2,1-2H3/b12-6+. The van der Waals surface area contributed by atoms with Crippen LogP contribution in [0.3, 0.4) is 0 Å². The lowest BCUT2D eigenvalue weighted by Gasteiger charge is -2.07. The zero-order valence-corrected chi connectivity index (χ0v) is 9.30. The highest BCUT2D eigenvalue weighted by molar-refractivity contribution is 9.10. The molecule has 0 bridgehead atoms. The maximum Gasteiger partial charge on any atom is 0.0739 e. The lowest BCUT2D eigenvalue weighted by atomic mass is 10.0. The highest BCUT2D eigenvalue weighted by Gasteiger charge is 2.04. The number of hydrogen-bond acceptors (Lipinski definition) is 2. The molecule has 1 aromatic carbocycles. The van der Waals surface area contributed by atoms with Gasteiger partial charge in [0, 0.05) is 10.0 Å². The Morgan fingerprint density at radius 1 is 1.54 bits per heavy atom. The van der Waals surface area contributed by atoms with Crippen molar-refractivity contribution in [3.05, 3.63) is 33.3 Å². The van der Waals surface area contributed by atoms with Gasteiger partial charge in [-0.25, -0.2) is 0 Å². The summed E-state index contributed by atoms with van der Waals surface area (Å²) in [6.45, 7) is 4.08. The minimum absolute atomic E-state index is 0.940. The van der Waals surface area contributed by atoms with Crippen LogP contribution in [0.4, 0.5) is 0 Å². The minimum Gasteiger partial charge on any atom is -0.411 e. The van der Waals surface area contributed by atoms with Gasteiger partial charge in [0.15, 0.2) is 0 Å². The number of hydrogen-bond donors (Lipinski definition) is 1. The van der Waals surface area contributed by atoms with Gasteiger partial charge in [-0.2, -0.15) is 0 Å². The third-order valence-electron chi connectivity index (χ3n) is 2.11. The van der Waals surface area contributed by atoms with Crippen molar-refractivity contribution >= 4 is 22.1 Å². The molecule has 2 nitrogen and oxygen atoms in total. The molecule has 0 fully saturated rings. The van der Waals surface area contributed by atoms with Gasteiger partial charge in [0.25, 0.3) is 0 Å². The van der Waals surface area contributed by atoms with Crippen molar-refractivity contribution in [1.82, 2.24) is 0 Å². The third kappa shape index (κ3) is 2.10. The van der Waals surface area contributed by atoms with Crippen LogP contribution in [-0.4, -0.2) is 11.4 Å². The first-order valence-electron chi connectivity index (χ1n) is 4.16. The van der Waals surface area contributed by atoms with E-state index in [0.29, 0.717) is 0 Å². The summed E-state index contributed by atoms with van der Waals surface area (Å²) in [5.74, 6) is 0. The van der Waals surface area contributed by atoms with Gasteiger partial charge < -0.3 is 5.21 Å². The molecule has 0 heterocycles. The first-order chi connectivity index (χ1) is 6.20. The van der Waals surface area contributed by atoms with Crippen LogP contribution < -0.4 is 0 Å². The van der Waals surface area contributed by atoms with Crippen LogP contribution in [0.2, 0.25) is 0 Å². The van der Waals surface area contributed by atoms with Gasteiger partial charge >= 0.3 is 0 Å². The molecular formula is C10H12BrNO. The average molecular weight is 242 g/mol. The Bertz CT molecular complexity index is 334. The Balaban J connectivity index is 3.32. The van der Waals surface area contributed by atoms with Gasteiger partial charge in [-0.3, -0.25) is 0 Å². The van der Waals surface area contributed by atoms with Crippen molar-refractivity contribution in [2.45, 2.75) is 20.3 Å². The molecule has 0 aliphatic rings. The SMILES string of the molecule is CCc1ccc(Br)c(C)c1/C=N/O. The van der Waals surface area contributed by atoms with Crippen molar-refractivity contribution in [3.8, 4) is 0 Å². The van der Waals surface area contributed by atoms with Crippen LogP contribution in [0, 0.1) is 6.92 Å². The number of nitrogens with zero attached hydrogens (tertiary/aromatic N) is 1. The number of benzene rings is 1. The van der Waals surface area contributed by atoms with Gasteiger partial charge in [0.1, 0.15) is 0 Å². The largest absolute Gasteiger partial charge is 0.411 e. The molecule has 0 saturated heterocycles. The number of halogens is 1. The average Bonchev–Trinajstić information content (AvgIpc) is 2.14. The summed E-state index contributed by atoms with van der Waals surface area (Å²) in [5.41, 5.74) is 3.30. The second-order valence-corrected chi connectivity index (χ2v) is 3.70. The molecule has 13 heavy (non-hydrogen) atoms. The molecular weight excluding hydrogens is 230 g/mol. The molecule has 0 atom stereocenters. The Morgan fingerprint density at radius 3 is 2.77 bits per heavy atom. The quantitative estimate of drug-likeness (QED) is 0.482.